The molecule has 0 heterocycles. The van der Waals surface area contributed by atoms with Gasteiger partial charge in [-0.1, -0.05) is 67.2 Å². The zero-order valence-electron chi connectivity index (χ0n) is 13.6. The molecule has 0 aliphatic heterocycles. The zero-order chi connectivity index (χ0) is 14.2. The lowest BCUT2D eigenvalue weighted by atomic mass is 9.88. The van der Waals surface area contributed by atoms with E-state index in [1.165, 1.54) is 25.7 Å². The van der Waals surface area contributed by atoms with Gasteiger partial charge < -0.3 is 0 Å². The largest absolute Gasteiger partial charge is 0.247 e. The Morgan fingerprint density at radius 2 is 1.00 bits per heavy atom. The Hall–Kier alpha value is -0.0700. The maximum absolute atomic E-state index is 13.6. The van der Waals surface area contributed by atoms with Gasteiger partial charge in [0, 0.05) is 0 Å². The predicted molar refractivity (Wildman–Crippen MR) is 80.7 cm³/mol. The first-order chi connectivity index (χ1) is 8.10. The molecule has 0 saturated carbocycles. The van der Waals surface area contributed by atoms with Crippen LogP contribution in [0.1, 0.15) is 92.9 Å². The molecule has 0 radical (unpaired) electrons. The molecule has 0 N–H and O–H groups in total. The Bertz CT molecular complexity index is 173. The first-order valence-electron chi connectivity index (χ1n) is 7.74. The molecular weight excluding hydrogens is 223 g/mol. The predicted octanol–water partition coefficient (Wildman–Crippen LogP) is 6.54. The van der Waals surface area contributed by atoms with Gasteiger partial charge in [-0.3, -0.25) is 0 Å². The topological polar surface area (TPSA) is 0 Å². The molecule has 0 fully saturated rings. The molecule has 0 aromatic heterocycles. The third-order valence-electron chi connectivity index (χ3n) is 3.39. The van der Waals surface area contributed by atoms with E-state index in [0.29, 0.717) is 10.8 Å². The molecule has 0 aromatic carbocycles. The summed E-state index contributed by atoms with van der Waals surface area (Å²) < 4.78 is 13.6. The number of hydrogen-bond donors (Lipinski definition) is 0. The average Bonchev–Trinajstić information content (AvgIpc) is 2.17. The van der Waals surface area contributed by atoms with Gasteiger partial charge in [0.2, 0.25) is 0 Å². The smallest absolute Gasteiger partial charge is 0.100 e. The van der Waals surface area contributed by atoms with Crippen molar-refractivity contribution in [3.05, 3.63) is 0 Å². The van der Waals surface area contributed by atoms with Gasteiger partial charge >= 0.3 is 0 Å². The summed E-state index contributed by atoms with van der Waals surface area (Å²) in [5.74, 6) is 0. The molecule has 0 amide bonds. The van der Waals surface area contributed by atoms with Crippen molar-refractivity contribution in [1.29, 1.82) is 0 Å². The van der Waals surface area contributed by atoms with Crippen molar-refractivity contribution in [2.45, 2.75) is 99.1 Å². The highest BCUT2D eigenvalue weighted by Gasteiger charge is 2.12. The molecule has 1 heteroatoms. The fourth-order valence-corrected chi connectivity index (χ4v) is 2.19. The minimum absolute atomic E-state index is 0.401. The maximum atomic E-state index is 13.6. The highest BCUT2D eigenvalue weighted by Crippen LogP contribution is 2.25. The van der Waals surface area contributed by atoms with Crippen LogP contribution in [-0.2, 0) is 0 Å². The van der Waals surface area contributed by atoms with Crippen LogP contribution < -0.4 is 0 Å². The molecule has 0 aliphatic rings. The first-order valence-corrected chi connectivity index (χ1v) is 7.74. The molecule has 0 atom stereocenters. The van der Waals surface area contributed by atoms with E-state index < -0.39 is 6.17 Å². The highest BCUT2D eigenvalue weighted by molar-refractivity contribution is 4.65. The summed E-state index contributed by atoms with van der Waals surface area (Å²) in [6.45, 7) is 13.5. The fourth-order valence-electron chi connectivity index (χ4n) is 2.19. The number of alkyl halides is 1. The lowest BCUT2D eigenvalue weighted by Crippen LogP contribution is -2.07. The molecule has 0 aromatic rings. The number of unbranched alkanes of at least 4 members (excludes halogenated alkanes) is 2. The highest BCUT2D eigenvalue weighted by atomic mass is 19.1. The van der Waals surface area contributed by atoms with Crippen LogP contribution >= 0.6 is 0 Å². The van der Waals surface area contributed by atoms with Gasteiger partial charge in [0.25, 0.3) is 0 Å². The van der Waals surface area contributed by atoms with E-state index in [1.807, 2.05) is 0 Å². The lowest BCUT2D eigenvalue weighted by Gasteiger charge is -2.18. The van der Waals surface area contributed by atoms with Crippen LogP contribution in [0.25, 0.3) is 0 Å². The average molecular weight is 258 g/mol. The van der Waals surface area contributed by atoms with Crippen molar-refractivity contribution >= 4 is 0 Å². The summed E-state index contributed by atoms with van der Waals surface area (Å²) in [7, 11) is 0. The van der Waals surface area contributed by atoms with Crippen molar-refractivity contribution in [3.8, 4) is 0 Å². The van der Waals surface area contributed by atoms with Gasteiger partial charge in [-0.25, -0.2) is 4.39 Å². The summed E-state index contributed by atoms with van der Waals surface area (Å²) in [5.41, 5.74) is 0.803. The molecule has 18 heavy (non-hydrogen) atoms. The van der Waals surface area contributed by atoms with Gasteiger partial charge in [0.05, 0.1) is 0 Å². The van der Waals surface area contributed by atoms with Gasteiger partial charge in [0.1, 0.15) is 6.17 Å². The van der Waals surface area contributed by atoms with Crippen molar-refractivity contribution < 1.29 is 4.39 Å². The summed E-state index contributed by atoms with van der Waals surface area (Å²) in [5, 5.41) is 0. The third kappa shape index (κ3) is 14.0. The van der Waals surface area contributed by atoms with E-state index >= 15 is 0 Å². The van der Waals surface area contributed by atoms with Crippen molar-refractivity contribution in [1.82, 2.24) is 0 Å². The van der Waals surface area contributed by atoms with Crippen LogP contribution in [0.15, 0.2) is 0 Å². The lowest BCUT2D eigenvalue weighted by molar-refractivity contribution is 0.263. The summed E-state index contributed by atoms with van der Waals surface area (Å²) in [6, 6.07) is 0. The van der Waals surface area contributed by atoms with E-state index in [4.69, 9.17) is 0 Å². The van der Waals surface area contributed by atoms with E-state index in [2.05, 4.69) is 41.5 Å². The van der Waals surface area contributed by atoms with Gasteiger partial charge in [0.15, 0.2) is 0 Å². The Balaban J connectivity index is 3.41. The number of halogens is 1. The molecule has 0 unspecified atom stereocenters. The van der Waals surface area contributed by atoms with Gasteiger partial charge in [-0.15, -0.1) is 0 Å². The zero-order valence-corrected chi connectivity index (χ0v) is 13.6. The Labute approximate surface area is 115 Å². The first kappa shape index (κ1) is 17.9. The molecular formula is C17H35F. The third-order valence-corrected chi connectivity index (χ3v) is 3.39. The summed E-state index contributed by atoms with van der Waals surface area (Å²) >= 11 is 0. The van der Waals surface area contributed by atoms with Gasteiger partial charge in [-0.2, -0.15) is 0 Å². The SMILES string of the molecule is CC(C)(C)CCCCC(F)CCCCC(C)(C)C. The Morgan fingerprint density at radius 3 is 1.28 bits per heavy atom. The second-order valence-electron chi connectivity index (χ2n) is 8.21. The molecule has 0 bridgehead atoms. The molecule has 0 nitrogen and oxygen atoms in total. The number of hydrogen-bond acceptors (Lipinski definition) is 0. The molecule has 0 spiro atoms. The van der Waals surface area contributed by atoms with Crippen LogP contribution in [-0.4, -0.2) is 6.17 Å². The second kappa shape index (κ2) is 8.17. The summed E-state index contributed by atoms with van der Waals surface area (Å²) in [4.78, 5) is 0. The van der Waals surface area contributed by atoms with Crippen LogP contribution in [0.4, 0.5) is 4.39 Å². The van der Waals surface area contributed by atoms with E-state index in [1.54, 1.807) is 0 Å². The van der Waals surface area contributed by atoms with Crippen LogP contribution in [0.3, 0.4) is 0 Å². The Morgan fingerprint density at radius 1 is 0.667 bits per heavy atom. The summed E-state index contributed by atoms with van der Waals surface area (Å²) in [6.07, 6.45) is 7.85. The molecule has 0 aliphatic carbocycles. The van der Waals surface area contributed by atoms with Crippen LogP contribution in [0.5, 0.6) is 0 Å². The minimum Gasteiger partial charge on any atom is -0.247 e. The fraction of sp³-hybridized carbons (Fsp3) is 1.00. The maximum Gasteiger partial charge on any atom is 0.100 e. The monoisotopic (exact) mass is 258 g/mol. The quantitative estimate of drug-likeness (QED) is 0.434. The standard InChI is InChI=1S/C17H35F/c1-16(2,3)13-9-7-11-15(18)12-8-10-14-17(4,5)6/h15H,7-14H2,1-6H3. The van der Waals surface area contributed by atoms with E-state index in [0.717, 1.165) is 25.7 Å². The van der Waals surface area contributed by atoms with Crippen LogP contribution in [0.2, 0.25) is 0 Å². The van der Waals surface area contributed by atoms with Crippen molar-refractivity contribution in [2.75, 3.05) is 0 Å². The van der Waals surface area contributed by atoms with Crippen molar-refractivity contribution in [3.63, 3.8) is 0 Å². The second-order valence-corrected chi connectivity index (χ2v) is 8.21. The minimum atomic E-state index is -0.565. The number of rotatable bonds is 8. The van der Waals surface area contributed by atoms with E-state index in [-0.39, 0.29) is 0 Å². The normalized spacial score (nSPS) is 13.3. The molecule has 0 rings (SSSR count). The van der Waals surface area contributed by atoms with Crippen LogP contribution in [0, 0.1) is 10.8 Å². The van der Waals surface area contributed by atoms with Gasteiger partial charge in [-0.05, 0) is 36.5 Å². The molecule has 110 valence electrons. The van der Waals surface area contributed by atoms with Crippen molar-refractivity contribution in [2.24, 2.45) is 10.8 Å². The van der Waals surface area contributed by atoms with E-state index in [9.17, 15) is 4.39 Å². The Kier molecular flexibility index (Phi) is 8.14. The molecule has 0 saturated heterocycles.